The van der Waals surface area contributed by atoms with Crippen molar-refractivity contribution in [1.29, 1.82) is 5.26 Å². The highest BCUT2D eigenvalue weighted by atomic mass is 16.1. The number of carbonyl (C=O) groups excluding carboxylic acids is 1. The molecule has 0 spiro atoms. The van der Waals surface area contributed by atoms with E-state index < -0.39 is 5.91 Å². The topological polar surface area (TPSA) is 78.9 Å². The average molecular weight is 259 g/mol. The fourth-order valence-corrected chi connectivity index (χ4v) is 5.03. The van der Waals surface area contributed by atoms with E-state index in [-0.39, 0.29) is 5.57 Å². The van der Waals surface area contributed by atoms with Gasteiger partial charge in [-0.05, 0) is 61.7 Å². The Morgan fingerprint density at radius 1 is 1.26 bits per heavy atom. The molecule has 0 aromatic carbocycles. The van der Waals surface area contributed by atoms with Crippen LogP contribution >= 0.6 is 0 Å². The van der Waals surface area contributed by atoms with Crippen molar-refractivity contribution in [2.45, 2.75) is 38.5 Å². The Hall–Kier alpha value is -1.50. The largest absolute Gasteiger partial charge is 0.389 e. The Labute approximate surface area is 114 Å². The predicted molar refractivity (Wildman–Crippen MR) is 71.5 cm³/mol. The van der Waals surface area contributed by atoms with Crippen LogP contribution in [0.4, 0.5) is 0 Å². The first-order chi connectivity index (χ1) is 9.10. The van der Waals surface area contributed by atoms with Crippen molar-refractivity contribution >= 4 is 5.91 Å². The monoisotopic (exact) mass is 259 g/mol. The molecule has 4 saturated carbocycles. The number of primary amides is 1. The molecule has 0 radical (unpaired) electrons. The second-order valence-corrected chi connectivity index (χ2v) is 6.83. The first-order valence-electron chi connectivity index (χ1n) is 7.24. The van der Waals surface area contributed by atoms with Crippen molar-refractivity contribution in [3.8, 4) is 6.07 Å². The van der Waals surface area contributed by atoms with E-state index in [1.807, 2.05) is 6.07 Å². The van der Waals surface area contributed by atoms with Gasteiger partial charge in [-0.2, -0.15) is 5.26 Å². The number of rotatable bonds is 4. The van der Waals surface area contributed by atoms with E-state index in [1.165, 1.54) is 44.7 Å². The standard InChI is InChI=1S/C15H21N3O/c16-7-13(14(17)19)8-18-9-15-4-10-1-11(5-15)3-12(2-10)6-15/h8,10-12,18H,1-6,9H2,(H2,17,19)/b13-8+. The Morgan fingerprint density at radius 3 is 2.21 bits per heavy atom. The molecule has 0 aromatic heterocycles. The highest BCUT2D eigenvalue weighted by Crippen LogP contribution is 2.59. The Morgan fingerprint density at radius 2 is 1.79 bits per heavy atom. The molecule has 0 atom stereocenters. The fraction of sp³-hybridized carbons (Fsp3) is 0.733. The van der Waals surface area contributed by atoms with E-state index in [0.717, 1.165) is 24.3 Å². The summed E-state index contributed by atoms with van der Waals surface area (Å²) in [7, 11) is 0. The van der Waals surface area contributed by atoms with Gasteiger partial charge in [-0.1, -0.05) is 0 Å². The molecule has 4 fully saturated rings. The summed E-state index contributed by atoms with van der Waals surface area (Å²) in [5, 5.41) is 12.0. The molecule has 4 heteroatoms. The number of hydrogen-bond donors (Lipinski definition) is 2. The van der Waals surface area contributed by atoms with Crippen LogP contribution in [-0.2, 0) is 4.79 Å². The van der Waals surface area contributed by atoms with Gasteiger partial charge in [0.15, 0.2) is 0 Å². The SMILES string of the molecule is N#C/C(=C\NCC12CC3CC(CC(C3)C1)C2)C(N)=O. The second-order valence-electron chi connectivity index (χ2n) is 6.83. The molecular formula is C15H21N3O. The lowest BCUT2D eigenvalue weighted by molar-refractivity contribution is -0.114. The van der Waals surface area contributed by atoms with Crippen LogP contribution in [0, 0.1) is 34.5 Å². The molecule has 0 heterocycles. The summed E-state index contributed by atoms with van der Waals surface area (Å²) >= 11 is 0. The van der Waals surface area contributed by atoms with E-state index in [4.69, 9.17) is 11.0 Å². The average Bonchev–Trinajstić information content (AvgIpc) is 2.32. The van der Waals surface area contributed by atoms with E-state index in [0.29, 0.717) is 5.41 Å². The first-order valence-corrected chi connectivity index (χ1v) is 7.24. The number of nitrogens with zero attached hydrogens (tertiary/aromatic N) is 1. The third-order valence-corrected chi connectivity index (χ3v) is 5.27. The van der Waals surface area contributed by atoms with Crippen LogP contribution in [-0.4, -0.2) is 12.5 Å². The smallest absolute Gasteiger partial charge is 0.260 e. The molecule has 4 aliphatic carbocycles. The van der Waals surface area contributed by atoms with Crippen molar-refractivity contribution in [2.24, 2.45) is 28.9 Å². The van der Waals surface area contributed by atoms with Gasteiger partial charge >= 0.3 is 0 Å². The zero-order valence-corrected chi connectivity index (χ0v) is 11.2. The zero-order chi connectivity index (χ0) is 13.5. The van der Waals surface area contributed by atoms with Crippen molar-refractivity contribution in [1.82, 2.24) is 5.32 Å². The molecular weight excluding hydrogens is 238 g/mol. The summed E-state index contributed by atoms with van der Waals surface area (Å²) in [5.41, 5.74) is 5.55. The van der Waals surface area contributed by atoms with Crippen LogP contribution in [0.2, 0.25) is 0 Å². The molecule has 3 N–H and O–H groups in total. The van der Waals surface area contributed by atoms with Crippen LogP contribution in [0.5, 0.6) is 0 Å². The Balaban J connectivity index is 1.64. The number of hydrogen-bond acceptors (Lipinski definition) is 3. The molecule has 0 saturated heterocycles. The number of nitrogens with two attached hydrogens (primary N) is 1. The summed E-state index contributed by atoms with van der Waals surface area (Å²) in [6, 6.07) is 1.83. The third kappa shape index (κ3) is 2.34. The van der Waals surface area contributed by atoms with Gasteiger partial charge in [0.25, 0.3) is 5.91 Å². The summed E-state index contributed by atoms with van der Waals surface area (Å²) < 4.78 is 0. The minimum absolute atomic E-state index is 0.0183. The Bertz CT molecular complexity index is 425. The molecule has 1 amide bonds. The summed E-state index contributed by atoms with van der Waals surface area (Å²) in [6.45, 7) is 0.884. The van der Waals surface area contributed by atoms with Gasteiger partial charge in [0.2, 0.25) is 0 Å². The second kappa shape index (κ2) is 4.56. The molecule has 4 aliphatic rings. The summed E-state index contributed by atoms with van der Waals surface area (Å²) in [6.07, 6.45) is 9.75. The van der Waals surface area contributed by atoms with Gasteiger partial charge in [0.05, 0.1) is 0 Å². The molecule has 4 rings (SSSR count). The van der Waals surface area contributed by atoms with Crippen LogP contribution in [0.15, 0.2) is 11.8 Å². The summed E-state index contributed by atoms with van der Waals surface area (Å²) in [5.74, 6) is 2.11. The predicted octanol–water partition coefficient (Wildman–Crippen LogP) is 1.69. The normalized spacial score (nSPS) is 39.9. The van der Waals surface area contributed by atoms with E-state index in [1.54, 1.807) is 0 Å². The number of nitriles is 1. The van der Waals surface area contributed by atoms with E-state index >= 15 is 0 Å². The van der Waals surface area contributed by atoms with Gasteiger partial charge in [0.1, 0.15) is 11.6 Å². The highest BCUT2D eigenvalue weighted by Gasteiger charge is 2.50. The fourth-order valence-electron chi connectivity index (χ4n) is 5.03. The van der Waals surface area contributed by atoms with Gasteiger partial charge in [-0.3, -0.25) is 4.79 Å². The van der Waals surface area contributed by atoms with E-state index in [2.05, 4.69) is 5.32 Å². The number of carbonyl (C=O) groups is 1. The molecule has 102 valence electrons. The van der Waals surface area contributed by atoms with Crippen molar-refractivity contribution in [3.63, 3.8) is 0 Å². The molecule has 0 unspecified atom stereocenters. The maximum Gasteiger partial charge on any atom is 0.260 e. The molecule has 0 aromatic rings. The third-order valence-electron chi connectivity index (χ3n) is 5.27. The van der Waals surface area contributed by atoms with Crippen LogP contribution in [0.1, 0.15) is 38.5 Å². The van der Waals surface area contributed by atoms with E-state index in [9.17, 15) is 4.79 Å². The number of nitrogens with one attached hydrogen (secondary N) is 1. The maximum atomic E-state index is 11.0. The molecule has 4 nitrogen and oxygen atoms in total. The molecule has 0 aliphatic heterocycles. The van der Waals surface area contributed by atoms with Crippen molar-refractivity contribution in [2.75, 3.05) is 6.54 Å². The highest BCUT2D eigenvalue weighted by molar-refractivity contribution is 5.95. The minimum atomic E-state index is -0.652. The van der Waals surface area contributed by atoms with Gasteiger partial charge in [0, 0.05) is 12.7 Å². The minimum Gasteiger partial charge on any atom is -0.389 e. The molecule has 4 bridgehead atoms. The van der Waals surface area contributed by atoms with Gasteiger partial charge < -0.3 is 11.1 Å². The van der Waals surface area contributed by atoms with Crippen LogP contribution in [0.25, 0.3) is 0 Å². The van der Waals surface area contributed by atoms with Crippen molar-refractivity contribution < 1.29 is 4.79 Å². The Kier molecular flexibility index (Phi) is 3.00. The lowest BCUT2D eigenvalue weighted by atomic mass is 9.49. The number of amides is 1. The van der Waals surface area contributed by atoms with Gasteiger partial charge in [-0.25, -0.2) is 0 Å². The van der Waals surface area contributed by atoms with Crippen LogP contribution < -0.4 is 11.1 Å². The lowest BCUT2D eigenvalue weighted by Gasteiger charge is -2.56. The maximum absolute atomic E-state index is 11.0. The van der Waals surface area contributed by atoms with Gasteiger partial charge in [-0.15, -0.1) is 0 Å². The van der Waals surface area contributed by atoms with Crippen LogP contribution in [0.3, 0.4) is 0 Å². The lowest BCUT2D eigenvalue weighted by Crippen LogP contribution is -2.49. The molecule has 19 heavy (non-hydrogen) atoms. The first kappa shape index (κ1) is 12.5. The summed E-state index contributed by atoms with van der Waals surface area (Å²) in [4.78, 5) is 11.0. The van der Waals surface area contributed by atoms with Crippen molar-refractivity contribution in [3.05, 3.63) is 11.8 Å². The quantitative estimate of drug-likeness (QED) is 0.595. The zero-order valence-electron chi connectivity index (χ0n) is 11.2.